The lowest BCUT2D eigenvalue weighted by Gasteiger charge is -1.97. The minimum Gasteiger partial charge on any atom is -0.364 e. The zero-order valence-corrected chi connectivity index (χ0v) is 6.69. The SMILES string of the molecule is Cc1ncccc1-c1ccon1. The first kappa shape index (κ1) is 7.03. The van der Waals surface area contributed by atoms with Crippen LogP contribution < -0.4 is 0 Å². The van der Waals surface area contributed by atoms with Crippen molar-refractivity contribution < 1.29 is 4.52 Å². The molecule has 0 radical (unpaired) electrons. The van der Waals surface area contributed by atoms with Crippen LogP contribution in [0.3, 0.4) is 0 Å². The second-order valence-electron chi connectivity index (χ2n) is 2.52. The smallest absolute Gasteiger partial charge is 0.124 e. The van der Waals surface area contributed by atoms with Gasteiger partial charge in [0.05, 0.1) is 0 Å². The Kier molecular flexibility index (Phi) is 1.63. The van der Waals surface area contributed by atoms with Crippen molar-refractivity contribution in [2.24, 2.45) is 0 Å². The number of hydrogen-bond donors (Lipinski definition) is 0. The van der Waals surface area contributed by atoms with E-state index in [-0.39, 0.29) is 0 Å². The summed E-state index contributed by atoms with van der Waals surface area (Å²) in [5.41, 5.74) is 2.82. The lowest BCUT2D eigenvalue weighted by Crippen LogP contribution is -1.85. The Labute approximate surface area is 70.0 Å². The van der Waals surface area contributed by atoms with Gasteiger partial charge in [-0.1, -0.05) is 5.16 Å². The highest BCUT2D eigenvalue weighted by atomic mass is 16.5. The fourth-order valence-corrected chi connectivity index (χ4v) is 1.11. The number of pyridine rings is 1. The Balaban J connectivity index is 2.55. The first-order valence-corrected chi connectivity index (χ1v) is 3.70. The van der Waals surface area contributed by atoms with E-state index in [2.05, 4.69) is 10.1 Å². The molecule has 60 valence electrons. The molecule has 2 aromatic heterocycles. The molecule has 2 rings (SSSR count). The summed E-state index contributed by atoms with van der Waals surface area (Å²) in [6, 6.07) is 5.68. The van der Waals surface area contributed by atoms with Crippen molar-refractivity contribution in [3.05, 3.63) is 36.4 Å². The van der Waals surface area contributed by atoms with Gasteiger partial charge in [-0.25, -0.2) is 0 Å². The Morgan fingerprint density at radius 3 is 2.92 bits per heavy atom. The number of aryl methyl sites for hydroxylation is 1. The summed E-state index contributed by atoms with van der Waals surface area (Å²) in [5.74, 6) is 0. The largest absolute Gasteiger partial charge is 0.364 e. The molecule has 0 aliphatic heterocycles. The standard InChI is InChI=1S/C9H8N2O/c1-7-8(3-2-5-10-7)9-4-6-12-11-9/h2-6H,1H3. The van der Waals surface area contributed by atoms with Crippen molar-refractivity contribution in [1.82, 2.24) is 10.1 Å². The van der Waals surface area contributed by atoms with Crippen LogP contribution in [0.2, 0.25) is 0 Å². The molecule has 2 aromatic rings. The van der Waals surface area contributed by atoms with Crippen LogP contribution in [0, 0.1) is 6.92 Å². The topological polar surface area (TPSA) is 38.9 Å². The van der Waals surface area contributed by atoms with Gasteiger partial charge in [-0.2, -0.15) is 0 Å². The molecule has 0 unspecified atom stereocenters. The van der Waals surface area contributed by atoms with Gasteiger partial charge in [0.2, 0.25) is 0 Å². The van der Waals surface area contributed by atoms with Gasteiger partial charge < -0.3 is 4.52 Å². The van der Waals surface area contributed by atoms with E-state index in [0.29, 0.717) is 0 Å². The average molecular weight is 160 g/mol. The van der Waals surface area contributed by atoms with Gasteiger partial charge in [-0.3, -0.25) is 4.98 Å². The molecule has 3 nitrogen and oxygen atoms in total. The highest BCUT2D eigenvalue weighted by molar-refractivity contribution is 5.60. The minimum absolute atomic E-state index is 0.834. The normalized spacial score (nSPS) is 10.1. The molecule has 0 saturated carbocycles. The van der Waals surface area contributed by atoms with Crippen LogP contribution in [-0.2, 0) is 0 Å². The maximum Gasteiger partial charge on any atom is 0.124 e. The first-order chi connectivity index (χ1) is 5.88. The summed E-state index contributed by atoms with van der Waals surface area (Å²) in [5, 5.41) is 3.83. The van der Waals surface area contributed by atoms with Crippen LogP contribution in [0.15, 0.2) is 35.2 Å². The van der Waals surface area contributed by atoms with E-state index in [4.69, 9.17) is 4.52 Å². The molecule has 0 fully saturated rings. The minimum atomic E-state index is 0.834. The molecule has 2 heterocycles. The van der Waals surface area contributed by atoms with Crippen LogP contribution >= 0.6 is 0 Å². The molecule has 0 atom stereocenters. The highest BCUT2D eigenvalue weighted by Crippen LogP contribution is 2.18. The van der Waals surface area contributed by atoms with E-state index in [9.17, 15) is 0 Å². The fraction of sp³-hybridized carbons (Fsp3) is 0.111. The fourth-order valence-electron chi connectivity index (χ4n) is 1.11. The van der Waals surface area contributed by atoms with E-state index >= 15 is 0 Å². The van der Waals surface area contributed by atoms with Gasteiger partial charge in [0.1, 0.15) is 12.0 Å². The third kappa shape index (κ3) is 1.09. The van der Waals surface area contributed by atoms with Gasteiger partial charge in [0, 0.05) is 23.5 Å². The predicted molar refractivity (Wildman–Crippen MR) is 44.5 cm³/mol. The first-order valence-electron chi connectivity index (χ1n) is 3.70. The molecular formula is C9H8N2O. The van der Waals surface area contributed by atoms with Gasteiger partial charge in [-0.15, -0.1) is 0 Å². The third-order valence-electron chi connectivity index (χ3n) is 1.72. The molecule has 0 spiro atoms. The summed E-state index contributed by atoms with van der Waals surface area (Å²) in [6.07, 6.45) is 3.32. The average Bonchev–Trinajstić information content (AvgIpc) is 2.57. The predicted octanol–water partition coefficient (Wildman–Crippen LogP) is 2.05. The summed E-state index contributed by atoms with van der Waals surface area (Å²) in [6.45, 7) is 1.95. The second kappa shape index (κ2) is 2.77. The number of aromatic nitrogens is 2. The lowest BCUT2D eigenvalue weighted by molar-refractivity contribution is 0.422. The number of rotatable bonds is 1. The maximum atomic E-state index is 4.75. The number of hydrogen-bond acceptors (Lipinski definition) is 3. The summed E-state index contributed by atoms with van der Waals surface area (Å²) in [7, 11) is 0. The van der Waals surface area contributed by atoms with Crippen molar-refractivity contribution in [1.29, 1.82) is 0 Å². The van der Waals surface area contributed by atoms with Crippen LogP contribution in [0.5, 0.6) is 0 Å². The van der Waals surface area contributed by atoms with Crippen LogP contribution in [0.25, 0.3) is 11.3 Å². The van der Waals surface area contributed by atoms with Crippen molar-refractivity contribution in [3.8, 4) is 11.3 Å². The van der Waals surface area contributed by atoms with Crippen molar-refractivity contribution >= 4 is 0 Å². The zero-order valence-electron chi connectivity index (χ0n) is 6.69. The highest BCUT2D eigenvalue weighted by Gasteiger charge is 2.03. The molecule has 3 heteroatoms. The molecule has 0 aliphatic carbocycles. The zero-order chi connectivity index (χ0) is 8.39. The van der Waals surface area contributed by atoms with Crippen molar-refractivity contribution in [2.75, 3.05) is 0 Å². The van der Waals surface area contributed by atoms with E-state index in [1.165, 1.54) is 0 Å². The van der Waals surface area contributed by atoms with Crippen molar-refractivity contribution in [2.45, 2.75) is 6.92 Å². The Bertz CT molecular complexity index is 368. The van der Waals surface area contributed by atoms with Crippen LogP contribution in [-0.4, -0.2) is 10.1 Å². The van der Waals surface area contributed by atoms with Gasteiger partial charge >= 0.3 is 0 Å². The van der Waals surface area contributed by atoms with E-state index in [0.717, 1.165) is 17.0 Å². The molecule has 12 heavy (non-hydrogen) atoms. The quantitative estimate of drug-likeness (QED) is 0.640. The Morgan fingerprint density at radius 2 is 2.25 bits per heavy atom. The van der Waals surface area contributed by atoms with E-state index in [1.807, 2.05) is 25.1 Å². The van der Waals surface area contributed by atoms with Crippen LogP contribution in [0.1, 0.15) is 5.69 Å². The third-order valence-corrected chi connectivity index (χ3v) is 1.72. The van der Waals surface area contributed by atoms with Crippen LogP contribution in [0.4, 0.5) is 0 Å². The van der Waals surface area contributed by atoms with E-state index in [1.54, 1.807) is 12.5 Å². The summed E-state index contributed by atoms with van der Waals surface area (Å²) in [4.78, 5) is 4.15. The van der Waals surface area contributed by atoms with Gasteiger partial charge in [0.15, 0.2) is 0 Å². The molecular weight excluding hydrogens is 152 g/mol. The van der Waals surface area contributed by atoms with E-state index < -0.39 is 0 Å². The summed E-state index contributed by atoms with van der Waals surface area (Å²) >= 11 is 0. The molecule has 0 amide bonds. The second-order valence-corrected chi connectivity index (χ2v) is 2.52. The van der Waals surface area contributed by atoms with Gasteiger partial charge in [0.25, 0.3) is 0 Å². The molecule has 0 bridgehead atoms. The van der Waals surface area contributed by atoms with Gasteiger partial charge in [-0.05, 0) is 19.1 Å². The molecule has 0 aliphatic rings. The molecule has 0 N–H and O–H groups in total. The lowest BCUT2D eigenvalue weighted by atomic mass is 10.1. The Hall–Kier alpha value is -1.64. The van der Waals surface area contributed by atoms with Crippen molar-refractivity contribution in [3.63, 3.8) is 0 Å². The summed E-state index contributed by atoms with van der Waals surface area (Å²) < 4.78 is 4.75. The molecule has 0 saturated heterocycles. The monoisotopic (exact) mass is 160 g/mol. The molecule has 0 aromatic carbocycles. The Morgan fingerprint density at radius 1 is 1.33 bits per heavy atom. The maximum absolute atomic E-state index is 4.75. The number of nitrogens with zero attached hydrogens (tertiary/aromatic N) is 2.